The first-order chi connectivity index (χ1) is 8.45. The Hall–Kier alpha value is -0.880. The smallest absolute Gasteiger partial charge is 0.325 e. The maximum Gasteiger partial charge on any atom is 0.325 e. The number of carbonyl (C=O) groups is 1. The largest absolute Gasteiger partial charge is 0.465 e. The summed E-state index contributed by atoms with van der Waals surface area (Å²) in [5.41, 5.74) is 5.04. The van der Waals surface area contributed by atoms with Gasteiger partial charge in [-0.25, -0.2) is 0 Å². The van der Waals surface area contributed by atoms with E-state index in [1.807, 2.05) is 10.9 Å². The van der Waals surface area contributed by atoms with Crippen molar-refractivity contribution in [2.75, 3.05) is 6.61 Å². The maximum absolute atomic E-state index is 11.6. The summed E-state index contributed by atoms with van der Waals surface area (Å²) >= 11 is 3.34. The molecule has 18 heavy (non-hydrogen) atoms. The van der Waals surface area contributed by atoms with Crippen molar-refractivity contribution in [1.29, 1.82) is 0 Å². The van der Waals surface area contributed by atoms with Crippen LogP contribution in [0.3, 0.4) is 0 Å². The van der Waals surface area contributed by atoms with E-state index in [-0.39, 0.29) is 5.97 Å². The fraction of sp³-hybridized carbons (Fsp3) is 0.667. The third kappa shape index (κ3) is 4.78. The summed E-state index contributed by atoms with van der Waals surface area (Å²) in [7, 11) is 0. The number of carbonyl (C=O) groups excluding carboxylic acids is 1. The van der Waals surface area contributed by atoms with Gasteiger partial charge in [-0.2, -0.15) is 5.10 Å². The lowest BCUT2D eigenvalue weighted by molar-refractivity contribution is -0.149. The number of hydrogen-bond acceptors (Lipinski definition) is 4. The highest BCUT2D eigenvalue weighted by Crippen LogP contribution is 2.14. The Balaban J connectivity index is 2.26. The van der Waals surface area contributed by atoms with Crippen molar-refractivity contribution in [2.24, 2.45) is 5.73 Å². The van der Waals surface area contributed by atoms with Crippen molar-refractivity contribution in [3.05, 3.63) is 16.9 Å². The molecule has 1 heterocycles. The highest BCUT2D eigenvalue weighted by molar-refractivity contribution is 9.10. The van der Waals surface area contributed by atoms with Crippen molar-refractivity contribution in [3.8, 4) is 0 Å². The van der Waals surface area contributed by atoms with Crippen LogP contribution in [0.2, 0.25) is 0 Å². The van der Waals surface area contributed by atoms with Crippen LogP contribution in [0, 0.1) is 0 Å². The molecule has 1 aromatic rings. The van der Waals surface area contributed by atoms with Crippen LogP contribution < -0.4 is 5.73 Å². The van der Waals surface area contributed by atoms with Crippen LogP contribution in [0.5, 0.6) is 0 Å². The van der Waals surface area contributed by atoms with Gasteiger partial charge in [-0.3, -0.25) is 9.48 Å². The van der Waals surface area contributed by atoms with Crippen LogP contribution in [0.4, 0.5) is 0 Å². The highest BCUT2D eigenvalue weighted by Gasteiger charge is 2.28. The van der Waals surface area contributed by atoms with Gasteiger partial charge in [0.2, 0.25) is 0 Å². The molecule has 0 aliphatic carbocycles. The number of nitrogens with two attached hydrogens (primary N) is 1. The van der Waals surface area contributed by atoms with Gasteiger partial charge in [-0.1, -0.05) is 0 Å². The average molecular weight is 318 g/mol. The van der Waals surface area contributed by atoms with Gasteiger partial charge >= 0.3 is 5.97 Å². The number of unbranched alkanes of at least 4 members (excludes halogenated alkanes) is 1. The summed E-state index contributed by atoms with van der Waals surface area (Å²) in [5.74, 6) is -0.327. The van der Waals surface area contributed by atoms with E-state index in [4.69, 9.17) is 10.5 Å². The van der Waals surface area contributed by atoms with Gasteiger partial charge in [0.15, 0.2) is 0 Å². The number of nitrogens with zero attached hydrogens (tertiary/aromatic N) is 2. The molecular formula is C12H20BrN3O2. The van der Waals surface area contributed by atoms with E-state index in [9.17, 15) is 4.79 Å². The monoisotopic (exact) mass is 317 g/mol. The molecule has 0 bridgehead atoms. The fourth-order valence-corrected chi connectivity index (χ4v) is 1.95. The molecule has 2 N–H and O–H groups in total. The molecular weight excluding hydrogens is 298 g/mol. The van der Waals surface area contributed by atoms with Crippen molar-refractivity contribution in [1.82, 2.24) is 9.78 Å². The molecule has 0 aliphatic rings. The Morgan fingerprint density at radius 2 is 2.33 bits per heavy atom. The van der Waals surface area contributed by atoms with Gasteiger partial charge in [0.05, 0.1) is 17.3 Å². The standard InChI is InChI=1S/C12H20BrN3O2/c1-3-18-11(17)12(2,14)6-4-5-7-16-9-10(13)8-15-16/h8-9H,3-7,14H2,1-2H3. The Morgan fingerprint density at radius 3 is 2.89 bits per heavy atom. The summed E-state index contributed by atoms with van der Waals surface area (Å²) in [6.45, 7) is 4.69. The lowest BCUT2D eigenvalue weighted by Gasteiger charge is -2.21. The van der Waals surface area contributed by atoms with Crippen LogP contribution in [0.1, 0.15) is 33.1 Å². The molecule has 6 heteroatoms. The first-order valence-corrected chi connectivity index (χ1v) is 6.89. The van der Waals surface area contributed by atoms with Gasteiger partial charge in [-0.15, -0.1) is 0 Å². The minimum atomic E-state index is -0.888. The molecule has 0 aliphatic heterocycles. The van der Waals surface area contributed by atoms with E-state index in [0.717, 1.165) is 23.9 Å². The van der Waals surface area contributed by atoms with E-state index < -0.39 is 5.54 Å². The van der Waals surface area contributed by atoms with Gasteiger partial charge in [0.25, 0.3) is 0 Å². The van der Waals surface area contributed by atoms with Crippen LogP contribution in [0.25, 0.3) is 0 Å². The number of aromatic nitrogens is 2. The number of halogens is 1. The zero-order valence-corrected chi connectivity index (χ0v) is 12.4. The molecule has 0 aromatic carbocycles. The van der Waals surface area contributed by atoms with E-state index >= 15 is 0 Å². The van der Waals surface area contributed by atoms with Crippen molar-refractivity contribution in [2.45, 2.75) is 45.2 Å². The minimum Gasteiger partial charge on any atom is -0.465 e. The number of hydrogen-bond donors (Lipinski definition) is 1. The fourth-order valence-electron chi connectivity index (χ4n) is 1.62. The highest BCUT2D eigenvalue weighted by atomic mass is 79.9. The number of ether oxygens (including phenoxy) is 1. The third-order valence-electron chi connectivity index (χ3n) is 2.68. The molecule has 0 radical (unpaired) electrons. The SMILES string of the molecule is CCOC(=O)C(C)(N)CCCCn1cc(Br)cn1. The van der Waals surface area contributed by atoms with Gasteiger partial charge < -0.3 is 10.5 Å². The molecule has 1 aromatic heterocycles. The van der Waals surface area contributed by atoms with E-state index in [1.165, 1.54) is 0 Å². The van der Waals surface area contributed by atoms with E-state index in [1.54, 1.807) is 20.0 Å². The average Bonchev–Trinajstić information content (AvgIpc) is 2.71. The van der Waals surface area contributed by atoms with E-state index in [0.29, 0.717) is 13.0 Å². The summed E-state index contributed by atoms with van der Waals surface area (Å²) in [5, 5.41) is 4.16. The quantitative estimate of drug-likeness (QED) is 0.617. The van der Waals surface area contributed by atoms with Gasteiger partial charge in [-0.05, 0) is 49.0 Å². The molecule has 0 amide bonds. The second-order valence-corrected chi connectivity index (χ2v) is 5.43. The predicted molar refractivity (Wildman–Crippen MR) is 73.0 cm³/mol. The Bertz CT molecular complexity index is 390. The zero-order valence-electron chi connectivity index (χ0n) is 10.9. The maximum atomic E-state index is 11.6. The second-order valence-electron chi connectivity index (χ2n) is 4.52. The number of esters is 1. The molecule has 0 saturated heterocycles. The number of rotatable bonds is 7. The first kappa shape index (κ1) is 15.2. The lowest BCUT2D eigenvalue weighted by atomic mass is 9.96. The summed E-state index contributed by atoms with van der Waals surface area (Å²) in [4.78, 5) is 11.6. The van der Waals surface area contributed by atoms with Crippen LogP contribution >= 0.6 is 15.9 Å². The molecule has 0 spiro atoms. The molecule has 102 valence electrons. The molecule has 0 saturated carbocycles. The van der Waals surface area contributed by atoms with Crippen LogP contribution in [0.15, 0.2) is 16.9 Å². The normalized spacial score (nSPS) is 14.2. The first-order valence-electron chi connectivity index (χ1n) is 6.10. The second kappa shape index (κ2) is 6.89. The predicted octanol–water partition coefficient (Wildman–Crippen LogP) is 2.10. The van der Waals surface area contributed by atoms with Crippen LogP contribution in [-0.4, -0.2) is 27.9 Å². The summed E-state index contributed by atoms with van der Waals surface area (Å²) in [6, 6.07) is 0. The Morgan fingerprint density at radius 1 is 1.61 bits per heavy atom. The number of aryl methyl sites for hydroxylation is 1. The van der Waals surface area contributed by atoms with Crippen LogP contribution in [-0.2, 0) is 16.1 Å². The molecule has 1 atom stereocenters. The van der Waals surface area contributed by atoms with E-state index in [2.05, 4.69) is 21.0 Å². The van der Waals surface area contributed by atoms with Crippen molar-refractivity contribution >= 4 is 21.9 Å². The Labute approximate surface area is 116 Å². The lowest BCUT2D eigenvalue weighted by Crippen LogP contribution is -2.46. The van der Waals surface area contributed by atoms with Crippen molar-refractivity contribution in [3.63, 3.8) is 0 Å². The van der Waals surface area contributed by atoms with Gasteiger partial charge in [0.1, 0.15) is 5.54 Å². The topological polar surface area (TPSA) is 70.1 Å². The summed E-state index contributed by atoms with van der Waals surface area (Å²) < 4.78 is 7.77. The minimum absolute atomic E-state index is 0.327. The molecule has 0 fully saturated rings. The third-order valence-corrected chi connectivity index (χ3v) is 3.09. The van der Waals surface area contributed by atoms with Gasteiger partial charge in [0, 0.05) is 12.7 Å². The molecule has 1 rings (SSSR count). The molecule has 5 nitrogen and oxygen atoms in total. The van der Waals surface area contributed by atoms with Crippen molar-refractivity contribution < 1.29 is 9.53 Å². The summed E-state index contributed by atoms with van der Waals surface area (Å²) in [6.07, 6.45) is 6.09. The molecule has 1 unspecified atom stereocenters. The Kier molecular flexibility index (Phi) is 5.81. The zero-order chi connectivity index (χ0) is 13.6.